The van der Waals surface area contributed by atoms with Crippen LogP contribution in [0.2, 0.25) is 0 Å². The third-order valence-electron chi connectivity index (χ3n) is 5.42. The van der Waals surface area contributed by atoms with E-state index in [1.807, 2.05) is 55.9 Å². The van der Waals surface area contributed by atoms with Crippen molar-refractivity contribution in [1.82, 2.24) is 40.0 Å². The number of fused-ring (bicyclic) bond motifs is 1. The molecule has 166 valence electrons. The first-order chi connectivity index (χ1) is 16.0. The summed E-state index contributed by atoms with van der Waals surface area (Å²) in [6, 6.07) is 7.62. The molecule has 5 aromatic rings. The van der Waals surface area contributed by atoms with Crippen LogP contribution in [0, 0.1) is 13.8 Å². The number of carbonyl (C=O) groups is 1. The smallest absolute Gasteiger partial charge is 0.267 e. The maximum atomic E-state index is 12.7. The van der Waals surface area contributed by atoms with Crippen LogP contribution in [0.5, 0.6) is 0 Å². The third kappa shape index (κ3) is 4.18. The number of hydrogen-bond acceptors (Lipinski definition) is 6. The van der Waals surface area contributed by atoms with Gasteiger partial charge >= 0.3 is 0 Å². The van der Waals surface area contributed by atoms with Crippen LogP contribution in [0.1, 0.15) is 27.3 Å². The van der Waals surface area contributed by atoms with Crippen molar-refractivity contribution in [2.24, 2.45) is 7.05 Å². The van der Waals surface area contributed by atoms with Crippen molar-refractivity contribution in [2.75, 3.05) is 5.32 Å². The van der Waals surface area contributed by atoms with Gasteiger partial charge in [0, 0.05) is 53.8 Å². The number of nitrogens with one attached hydrogen (secondary N) is 4. The maximum absolute atomic E-state index is 12.7. The number of rotatable bonds is 6. The Hall–Kier alpha value is -4.47. The van der Waals surface area contributed by atoms with Gasteiger partial charge in [0.25, 0.3) is 5.91 Å². The van der Waals surface area contributed by atoms with E-state index in [-0.39, 0.29) is 5.91 Å². The van der Waals surface area contributed by atoms with Crippen LogP contribution >= 0.6 is 0 Å². The lowest BCUT2D eigenvalue weighted by Gasteiger charge is -2.07. The summed E-state index contributed by atoms with van der Waals surface area (Å²) >= 11 is 0. The van der Waals surface area contributed by atoms with Gasteiger partial charge in [0.05, 0.1) is 18.2 Å². The van der Waals surface area contributed by atoms with E-state index >= 15 is 0 Å². The van der Waals surface area contributed by atoms with Gasteiger partial charge in [0.2, 0.25) is 5.95 Å². The van der Waals surface area contributed by atoms with Gasteiger partial charge in [-0.1, -0.05) is 0 Å². The third-order valence-corrected chi connectivity index (χ3v) is 5.42. The van der Waals surface area contributed by atoms with Crippen LogP contribution in [-0.2, 0) is 13.6 Å². The summed E-state index contributed by atoms with van der Waals surface area (Å²) in [7, 11) is 1.92. The molecule has 1 amide bonds. The molecule has 4 aromatic heterocycles. The Morgan fingerprint density at radius 1 is 1.15 bits per heavy atom. The van der Waals surface area contributed by atoms with E-state index in [2.05, 4.69) is 40.8 Å². The predicted octanol–water partition coefficient (Wildman–Crippen LogP) is 3.37. The molecule has 10 nitrogen and oxygen atoms in total. The second kappa shape index (κ2) is 8.23. The maximum Gasteiger partial charge on any atom is 0.267 e. The number of aryl methyl sites for hydroxylation is 3. The molecule has 0 saturated heterocycles. The fourth-order valence-electron chi connectivity index (χ4n) is 3.68. The van der Waals surface area contributed by atoms with Crippen molar-refractivity contribution in [1.29, 1.82) is 0 Å². The molecule has 1 aromatic carbocycles. The average Bonchev–Trinajstić information content (AvgIpc) is 3.52. The quantitative estimate of drug-likeness (QED) is 0.320. The van der Waals surface area contributed by atoms with Crippen molar-refractivity contribution in [3.05, 3.63) is 71.7 Å². The zero-order chi connectivity index (χ0) is 22.9. The van der Waals surface area contributed by atoms with Crippen molar-refractivity contribution >= 4 is 28.4 Å². The molecular formula is C23H23N9O. The number of anilines is 2. The Labute approximate surface area is 189 Å². The van der Waals surface area contributed by atoms with Crippen molar-refractivity contribution in [3.63, 3.8) is 0 Å². The van der Waals surface area contributed by atoms with E-state index in [1.165, 1.54) is 0 Å². The highest BCUT2D eigenvalue weighted by molar-refractivity contribution is 5.99. The minimum Gasteiger partial charge on any atom is -0.350 e. The van der Waals surface area contributed by atoms with E-state index in [0.717, 1.165) is 44.8 Å². The molecule has 33 heavy (non-hydrogen) atoms. The normalized spacial score (nSPS) is 11.1. The second-order valence-electron chi connectivity index (χ2n) is 7.96. The molecule has 0 saturated carbocycles. The molecule has 4 heterocycles. The number of imidazole rings is 1. The van der Waals surface area contributed by atoms with Crippen molar-refractivity contribution < 1.29 is 4.79 Å². The number of nitrogens with zero attached hydrogens (tertiary/aromatic N) is 5. The van der Waals surface area contributed by atoms with Crippen LogP contribution in [0.15, 0.2) is 49.2 Å². The molecule has 0 aliphatic carbocycles. The minimum absolute atomic E-state index is 0.174. The largest absolute Gasteiger partial charge is 0.350 e. The molecule has 4 N–H and O–H groups in total. The van der Waals surface area contributed by atoms with Crippen LogP contribution in [-0.4, -0.2) is 40.6 Å². The van der Waals surface area contributed by atoms with Gasteiger partial charge < -0.3 is 20.2 Å². The number of carbonyl (C=O) groups excluding carboxylic acids is 1. The summed E-state index contributed by atoms with van der Waals surface area (Å²) in [6.45, 7) is 4.32. The first-order valence-corrected chi connectivity index (χ1v) is 10.4. The lowest BCUT2D eigenvalue weighted by Crippen LogP contribution is -2.23. The zero-order valence-electron chi connectivity index (χ0n) is 18.5. The monoisotopic (exact) mass is 441 g/mol. The molecule has 0 atom stereocenters. The zero-order valence-corrected chi connectivity index (χ0v) is 18.5. The number of amides is 1. The number of aromatic amines is 2. The number of hydrogen-bond donors (Lipinski definition) is 4. The first-order valence-electron chi connectivity index (χ1n) is 10.4. The van der Waals surface area contributed by atoms with Gasteiger partial charge in [-0.3, -0.25) is 9.89 Å². The van der Waals surface area contributed by atoms with Crippen molar-refractivity contribution in [3.8, 4) is 11.4 Å². The van der Waals surface area contributed by atoms with Crippen LogP contribution in [0.3, 0.4) is 0 Å². The summed E-state index contributed by atoms with van der Waals surface area (Å²) in [5.74, 6) is 0.299. The number of benzene rings is 1. The van der Waals surface area contributed by atoms with E-state index in [4.69, 9.17) is 0 Å². The average molecular weight is 441 g/mol. The predicted molar refractivity (Wildman–Crippen MR) is 125 cm³/mol. The standard InChI is InChI=1S/C23H23N9O/c1-13-6-17(28-23-24-5-4-18(30-23)20-11-32(3)12-26-20)7-15-8-19(29-21(13)15)22(33)25-9-16-10-27-31-14(16)2/h4-8,10-12,29H,9H2,1-3H3,(H,25,33)(H,27,31)(H,24,28,30). The van der Waals surface area contributed by atoms with E-state index in [0.29, 0.717) is 18.2 Å². The Morgan fingerprint density at radius 3 is 2.79 bits per heavy atom. The van der Waals surface area contributed by atoms with Crippen molar-refractivity contribution in [2.45, 2.75) is 20.4 Å². The van der Waals surface area contributed by atoms with E-state index < -0.39 is 0 Å². The SMILES string of the molecule is Cc1[nH]ncc1CNC(=O)c1cc2cc(Nc3nccc(-c4cn(C)cn4)n3)cc(C)c2[nH]1. The fourth-order valence-corrected chi connectivity index (χ4v) is 3.68. The summed E-state index contributed by atoms with van der Waals surface area (Å²) in [4.78, 5) is 29.1. The van der Waals surface area contributed by atoms with E-state index in [9.17, 15) is 4.79 Å². The molecule has 0 radical (unpaired) electrons. The Morgan fingerprint density at radius 2 is 2.03 bits per heavy atom. The molecule has 10 heteroatoms. The van der Waals surface area contributed by atoms with Gasteiger partial charge in [-0.05, 0) is 43.7 Å². The van der Waals surface area contributed by atoms with Gasteiger partial charge in [-0.15, -0.1) is 0 Å². The van der Waals surface area contributed by atoms with Gasteiger partial charge in [0.15, 0.2) is 0 Å². The Bertz CT molecular complexity index is 1460. The fraction of sp³-hybridized carbons (Fsp3) is 0.174. The topological polar surface area (TPSA) is 129 Å². The molecular weight excluding hydrogens is 418 g/mol. The second-order valence-corrected chi connectivity index (χ2v) is 7.96. The summed E-state index contributed by atoms with van der Waals surface area (Å²) in [5.41, 5.74) is 6.65. The summed E-state index contributed by atoms with van der Waals surface area (Å²) in [5, 5.41) is 14.0. The number of H-pyrrole nitrogens is 2. The van der Waals surface area contributed by atoms with Crippen LogP contribution in [0.4, 0.5) is 11.6 Å². The lowest BCUT2D eigenvalue weighted by molar-refractivity contribution is 0.0946. The van der Waals surface area contributed by atoms with Crippen LogP contribution < -0.4 is 10.6 Å². The molecule has 0 spiro atoms. The highest BCUT2D eigenvalue weighted by Crippen LogP contribution is 2.26. The molecule has 0 aliphatic rings. The Balaban J connectivity index is 1.36. The molecule has 0 aliphatic heterocycles. The Kier molecular flexibility index (Phi) is 5.09. The molecule has 0 bridgehead atoms. The van der Waals surface area contributed by atoms with Crippen LogP contribution in [0.25, 0.3) is 22.3 Å². The summed E-state index contributed by atoms with van der Waals surface area (Å²) < 4.78 is 1.87. The molecule has 0 fully saturated rings. The lowest BCUT2D eigenvalue weighted by atomic mass is 10.1. The summed E-state index contributed by atoms with van der Waals surface area (Å²) in [6.07, 6.45) is 7.05. The minimum atomic E-state index is -0.174. The van der Waals surface area contributed by atoms with E-state index in [1.54, 1.807) is 18.7 Å². The van der Waals surface area contributed by atoms with Gasteiger partial charge in [-0.25, -0.2) is 15.0 Å². The molecule has 0 unspecified atom stereocenters. The molecule has 5 rings (SSSR count). The highest BCUT2D eigenvalue weighted by atomic mass is 16.1. The first kappa shape index (κ1) is 20.4. The highest BCUT2D eigenvalue weighted by Gasteiger charge is 2.13. The van der Waals surface area contributed by atoms with Gasteiger partial charge in [-0.2, -0.15) is 5.10 Å². The number of aromatic nitrogens is 7. The van der Waals surface area contributed by atoms with Gasteiger partial charge in [0.1, 0.15) is 11.4 Å².